The predicted octanol–water partition coefficient (Wildman–Crippen LogP) is 0.799. The molecule has 1 aliphatic heterocycles. The molecular weight excluding hydrogens is 282 g/mol. The molecular formula is C13H14ClN3O3. The SMILES string of the molecule is CCC1C(=O)NC(=O)CN1C(=O)c1ccc(N)cc1Cl. The van der Waals surface area contributed by atoms with E-state index in [1.807, 2.05) is 0 Å². The smallest absolute Gasteiger partial charge is 0.256 e. The number of hydrogen-bond acceptors (Lipinski definition) is 4. The number of rotatable bonds is 2. The summed E-state index contributed by atoms with van der Waals surface area (Å²) >= 11 is 5.99. The first-order valence-electron chi connectivity index (χ1n) is 6.13. The lowest BCUT2D eigenvalue weighted by molar-refractivity contribution is -0.138. The summed E-state index contributed by atoms with van der Waals surface area (Å²) in [5.41, 5.74) is 6.24. The highest BCUT2D eigenvalue weighted by Crippen LogP contribution is 2.23. The van der Waals surface area contributed by atoms with E-state index in [0.717, 1.165) is 0 Å². The number of anilines is 1. The van der Waals surface area contributed by atoms with Crippen LogP contribution in [0.4, 0.5) is 5.69 Å². The minimum Gasteiger partial charge on any atom is -0.399 e. The van der Waals surface area contributed by atoms with Gasteiger partial charge in [0.25, 0.3) is 5.91 Å². The monoisotopic (exact) mass is 295 g/mol. The molecule has 0 saturated carbocycles. The quantitative estimate of drug-likeness (QED) is 0.623. The molecule has 1 heterocycles. The molecule has 0 spiro atoms. The van der Waals surface area contributed by atoms with Crippen LogP contribution >= 0.6 is 11.6 Å². The van der Waals surface area contributed by atoms with Crippen LogP contribution in [-0.2, 0) is 9.59 Å². The Morgan fingerprint density at radius 2 is 2.20 bits per heavy atom. The van der Waals surface area contributed by atoms with Crippen LogP contribution in [0, 0.1) is 0 Å². The molecule has 3 N–H and O–H groups in total. The summed E-state index contributed by atoms with van der Waals surface area (Å²) in [4.78, 5) is 36.9. The van der Waals surface area contributed by atoms with Gasteiger partial charge in [0.05, 0.1) is 10.6 Å². The normalized spacial score (nSPS) is 18.9. The summed E-state index contributed by atoms with van der Waals surface area (Å²) in [5, 5.41) is 2.41. The number of amides is 3. The second-order valence-electron chi connectivity index (χ2n) is 4.51. The van der Waals surface area contributed by atoms with E-state index >= 15 is 0 Å². The van der Waals surface area contributed by atoms with Gasteiger partial charge in [-0.15, -0.1) is 0 Å². The summed E-state index contributed by atoms with van der Waals surface area (Å²) < 4.78 is 0. The third kappa shape index (κ3) is 2.60. The third-order valence-electron chi connectivity index (χ3n) is 3.13. The van der Waals surface area contributed by atoms with E-state index in [0.29, 0.717) is 12.1 Å². The second-order valence-corrected chi connectivity index (χ2v) is 4.92. The Bertz CT molecular complexity index is 588. The van der Waals surface area contributed by atoms with Crippen LogP contribution in [0.5, 0.6) is 0 Å². The van der Waals surface area contributed by atoms with Crippen molar-refractivity contribution in [3.05, 3.63) is 28.8 Å². The van der Waals surface area contributed by atoms with Gasteiger partial charge in [0.1, 0.15) is 12.6 Å². The van der Waals surface area contributed by atoms with Crippen LogP contribution in [0.3, 0.4) is 0 Å². The van der Waals surface area contributed by atoms with Crippen LogP contribution in [0.25, 0.3) is 0 Å². The van der Waals surface area contributed by atoms with E-state index in [9.17, 15) is 14.4 Å². The van der Waals surface area contributed by atoms with Gasteiger partial charge < -0.3 is 10.6 Å². The Morgan fingerprint density at radius 1 is 1.50 bits per heavy atom. The molecule has 106 valence electrons. The highest BCUT2D eigenvalue weighted by Gasteiger charge is 2.36. The van der Waals surface area contributed by atoms with Crippen molar-refractivity contribution in [2.45, 2.75) is 19.4 Å². The van der Waals surface area contributed by atoms with E-state index in [1.165, 1.54) is 17.0 Å². The molecule has 0 aromatic heterocycles. The lowest BCUT2D eigenvalue weighted by Crippen LogP contribution is -2.59. The van der Waals surface area contributed by atoms with E-state index in [-0.39, 0.29) is 17.1 Å². The maximum Gasteiger partial charge on any atom is 0.256 e. The fourth-order valence-electron chi connectivity index (χ4n) is 2.15. The predicted molar refractivity (Wildman–Crippen MR) is 74.1 cm³/mol. The molecule has 2 rings (SSSR count). The molecule has 6 nitrogen and oxygen atoms in total. The van der Waals surface area contributed by atoms with E-state index < -0.39 is 23.8 Å². The standard InChI is InChI=1S/C13H14ClN3O3/c1-2-10-12(19)16-11(18)6-17(10)13(20)8-4-3-7(15)5-9(8)14/h3-5,10H,2,6,15H2,1H3,(H,16,18,19). The first-order chi connectivity index (χ1) is 9.43. The molecule has 1 atom stereocenters. The number of nitrogens with one attached hydrogen (secondary N) is 1. The molecule has 1 saturated heterocycles. The Hall–Kier alpha value is -2.08. The number of halogens is 1. The van der Waals surface area contributed by atoms with Crippen molar-refractivity contribution < 1.29 is 14.4 Å². The topological polar surface area (TPSA) is 92.5 Å². The molecule has 0 radical (unpaired) electrons. The van der Waals surface area contributed by atoms with Crippen LogP contribution in [-0.4, -0.2) is 35.2 Å². The number of nitrogens with zero attached hydrogens (tertiary/aromatic N) is 1. The number of benzene rings is 1. The summed E-state index contributed by atoms with van der Waals surface area (Å²) in [6.45, 7) is 1.61. The van der Waals surface area contributed by atoms with Crippen LogP contribution < -0.4 is 11.1 Å². The molecule has 20 heavy (non-hydrogen) atoms. The van der Waals surface area contributed by atoms with Gasteiger partial charge in [-0.3, -0.25) is 19.7 Å². The minimum absolute atomic E-state index is 0.163. The molecule has 7 heteroatoms. The first kappa shape index (κ1) is 14.3. The Balaban J connectivity index is 2.34. The fraction of sp³-hybridized carbons (Fsp3) is 0.308. The number of carbonyl (C=O) groups is 3. The van der Waals surface area contributed by atoms with Crippen LogP contribution in [0.15, 0.2) is 18.2 Å². The Morgan fingerprint density at radius 3 is 2.80 bits per heavy atom. The van der Waals surface area contributed by atoms with Crippen LogP contribution in [0.1, 0.15) is 23.7 Å². The van der Waals surface area contributed by atoms with E-state index in [2.05, 4.69) is 5.32 Å². The van der Waals surface area contributed by atoms with E-state index in [1.54, 1.807) is 13.0 Å². The molecule has 3 amide bonds. The number of piperazine rings is 1. The first-order valence-corrected chi connectivity index (χ1v) is 6.51. The molecule has 1 fully saturated rings. The van der Waals surface area contributed by atoms with E-state index in [4.69, 9.17) is 17.3 Å². The minimum atomic E-state index is -0.672. The molecule has 0 bridgehead atoms. The van der Waals surface area contributed by atoms with Crippen molar-refractivity contribution in [3.63, 3.8) is 0 Å². The summed E-state index contributed by atoms with van der Waals surface area (Å²) in [6.07, 6.45) is 0.414. The molecule has 1 aromatic rings. The highest BCUT2D eigenvalue weighted by atomic mass is 35.5. The largest absolute Gasteiger partial charge is 0.399 e. The average Bonchev–Trinajstić information content (AvgIpc) is 2.37. The van der Waals surface area contributed by atoms with Crippen molar-refractivity contribution in [2.24, 2.45) is 0 Å². The molecule has 1 unspecified atom stereocenters. The maximum absolute atomic E-state index is 12.5. The van der Waals surface area contributed by atoms with Gasteiger partial charge >= 0.3 is 0 Å². The molecule has 1 aromatic carbocycles. The Labute approximate surface area is 120 Å². The van der Waals surface area contributed by atoms with Gasteiger partial charge in [-0.2, -0.15) is 0 Å². The van der Waals surface area contributed by atoms with Crippen molar-refractivity contribution in [2.75, 3.05) is 12.3 Å². The zero-order valence-corrected chi connectivity index (χ0v) is 11.6. The fourth-order valence-corrected chi connectivity index (χ4v) is 2.42. The van der Waals surface area contributed by atoms with Crippen molar-refractivity contribution in [3.8, 4) is 0 Å². The Kier molecular flexibility index (Phi) is 3.94. The molecule has 0 aliphatic carbocycles. The van der Waals surface area contributed by atoms with Gasteiger partial charge in [-0.1, -0.05) is 18.5 Å². The highest BCUT2D eigenvalue weighted by molar-refractivity contribution is 6.34. The van der Waals surface area contributed by atoms with Gasteiger partial charge in [0.15, 0.2) is 0 Å². The van der Waals surface area contributed by atoms with Crippen molar-refractivity contribution >= 4 is 35.0 Å². The number of imide groups is 1. The summed E-state index contributed by atoms with van der Waals surface area (Å²) in [5.74, 6) is -1.42. The lowest BCUT2D eigenvalue weighted by Gasteiger charge is -2.33. The van der Waals surface area contributed by atoms with Crippen molar-refractivity contribution in [1.29, 1.82) is 0 Å². The lowest BCUT2D eigenvalue weighted by atomic mass is 10.1. The van der Waals surface area contributed by atoms with Gasteiger partial charge in [0, 0.05) is 5.69 Å². The number of nitrogens with two attached hydrogens (primary N) is 1. The third-order valence-corrected chi connectivity index (χ3v) is 3.44. The molecule has 1 aliphatic rings. The number of nitrogen functional groups attached to an aromatic ring is 1. The summed E-state index contributed by atoms with van der Waals surface area (Å²) in [6, 6.07) is 3.82. The van der Waals surface area contributed by atoms with Crippen LogP contribution in [0.2, 0.25) is 5.02 Å². The number of hydrogen-bond donors (Lipinski definition) is 2. The van der Waals surface area contributed by atoms with Gasteiger partial charge in [-0.25, -0.2) is 0 Å². The number of carbonyl (C=O) groups excluding carboxylic acids is 3. The second kappa shape index (κ2) is 5.50. The average molecular weight is 296 g/mol. The zero-order valence-electron chi connectivity index (χ0n) is 10.9. The van der Waals surface area contributed by atoms with Gasteiger partial charge in [0.2, 0.25) is 11.8 Å². The summed E-state index contributed by atoms with van der Waals surface area (Å²) in [7, 11) is 0. The zero-order chi connectivity index (χ0) is 14.9. The van der Waals surface area contributed by atoms with Crippen molar-refractivity contribution in [1.82, 2.24) is 10.2 Å². The van der Waals surface area contributed by atoms with Gasteiger partial charge in [-0.05, 0) is 24.6 Å². The maximum atomic E-state index is 12.5.